The number of hydrogen-bond acceptors (Lipinski definition) is 4. The highest BCUT2D eigenvalue weighted by Crippen LogP contribution is 2.38. The molecule has 0 spiro atoms. The van der Waals surface area contributed by atoms with E-state index >= 15 is 0 Å². The second-order valence-electron chi connectivity index (χ2n) is 10.5. The first-order valence-electron chi connectivity index (χ1n) is 12.7. The van der Waals surface area contributed by atoms with E-state index in [4.69, 9.17) is 9.72 Å². The first-order valence-corrected chi connectivity index (χ1v) is 12.7. The number of pyridine rings is 1. The maximum atomic E-state index is 13.5. The fraction of sp³-hybridized carbons (Fsp3) is 0.571. The van der Waals surface area contributed by atoms with Crippen molar-refractivity contribution in [1.82, 2.24) is 9.88 Å². The Labute approximate surface area is 199 Å². The lowest BCUT2D eigenvalue weighted by Gasteiger charge is -2.40. The van der Waals surface area contributed by atoms with Crippen molar-refractivity contribution in [3.05, 3.63) is 59.8 Å². The predicted molar refractivity (Wildman–Crippen MR) is 133 cm³/mol. The summed E-state index contributed by atoms with van der Waals surface area (Å²) < 4.78 is 5.91. The van der Waals surface area contributed by atoms with Crippen LogP contribution in [0.2, 0.25) is 0 Å². The van der Waals surface area contributed by atoms with Crippen molar-refractivity contribution in [2.45, 2.75) is 96.4 Å². The highest BCUT2D eigenvalue weighted by atomic mass is 16.6. The predicted octanol–water partition coefficient (Wildman–Crippen LogP) is 6.88. The second-order valence-corrected chi connectivity index (χ2v) is 10.5. The Morgan fingerprint density at radius 3 is 2.45 bits per heavy atom. The van der Waals surface area contributed by atoms with Crippen LogP contribution in [0.1, 0.15) is 89.3 Å². The standard InChI is InChI=1S/C28H39N3O2/c1-28(2,3)33-27(32)31(23-15-8-5-9-16-23)26-24(17-12-19-29-26)25-18-10-11-20-30(25)21-22-13-6-4-7-14-22/h4,6-7,12-14,17,19,23,25H,5,8-11,15-16,18,20-21H2,1-3H3/t25-/m0/s1. The van der Waals surface area contributed by atoms with Crippen LogP contribution in [0.5, 0.6) is 0 Å². The second kappa shape index (κ2) is 10.7. The van der Waals surface area contributed by atoms with Crippen molar-refractivity contribution in [2.75, 3.05) is 11.4 Å². The molecule has 2 fully saturated rings. The summed E-state index contributed by atoms with van der Waals surface area (Å²) >= 11 is 0. The first kappa shape index (κ1) is 23.7. The van der Waals surface area contributed by atoms with Gasteiger partial charge in [-0.2, -0.15) is 0 Å². The molecule has 0 bridgehead atoms. The monoisotopic (exact) mass is 449 g/mol. The van der Waals surface area contributed by atoms with Gasteiger partial charge < -0.3 is 4.74 Å². The molecular formula is C28H39N3O2. The lowest BCUT2D eigenvalue weighted by molar-refractivity contribution is 0.0555. The number of rotatable bonds is 5. The van der Waals surface area contributed by atoms with Crippen LogP contribution in [-0.2, 0) is 11.3 Å². The molecule has 1 aromatic carbocycles. The molecule has 1 saturated heterocycles. The smallest absolute Gasteiger partial charge is 0.416 e. The van der Waals surface area contributed by atoms with Crippen LogP contribution in [-0.4, -0.2) is 34.2 Å². The zero-order valence-electron chi connectivity index (χ0n) is 20.5. The minimum Gasteiger partial charge on any atom is -0.443 e. The Bertz CT molecular complexity index is 903. The molecule has 1 aliphatic heterocycles. The fourth-order valence-corrected chi connectivity index (χ4v) is 5.28. The zero-order valence-corrected chi connectivity index (χ0v) is 20.5. The van der Waals surface area contributed by atoms with E-state index in [2.05, 4.69) is 41.3 Å². The van der Waals surface area contributed by atoms with Gasteiger partial charge in [0.2, 0.25) is 0 Å². The van der Waals surface area contributed by atoms with E-state index < -0.39 is 5.60 Å². The van der Waals surface area contributed by atoms with Crippen LogP contribution in [0.3, 0.4) is 0 Å². The van der Waals surface area contributed by atoms with Crippen LogP contribution in [0.25, 0.3) is 0 Å². The van der Waals surface area contributed by atoms with Crippen LogP contribution in [0, 0.1) is 0 Å². The van der Waals surface area contributed by atoms with Crippen molar-refractivity contribution in [3.63, 3.8) is 0 Å². The molecule has 0 radical (unpaired) electrons. The van der Waals surface area contributed by atoms with Crippen LogP contribution >= 0.6 is 0 Å². The molecular weight excluding hydrogens is 410 g/mol. The Morgan fingerprint density at radius 2 is 1.73 bits per heavy atom. The SMILES string of the molecule is CC(C)(C)OC(=O)N(c1ncccc1[C@@H]1CCCCN1Cc1ccccc1)C1CCCCC1. The van der Waals surface area contributed by atoms with Gasteiger partial charge >= 0.3 is 6.09 Å². The van der Waals surface area contributed by atoms with Crippen LogP contribution in [0.15, 0.2) is 48.7 Å². The number of amides is 1. The summed E-state index contributed by atoms with van der Waals surface area (Å²) in [6, 6.07) is 15.3. The van der Waals surface area contributed by atoms with Gasteiger partial charge in [-0.05, 0) is 64.6 Å². The summed E-state index contributed by atoms with van der Waals surface area (Å²) in [5, 5.41) is 0. The number of carbonyl (C=O) groups is 1. The summed E-state index contributed by atoms with van der Waals surface area (Å²) in [6.07, 6.45) is 10.6. The molecule has 0 N–H and O–H groups in total. The van der Waals surface area contributed by atoms with Gasteiger partial charge in [-0.3, -0.25) is 9.80 Å². The van der Waals surface area contributed by atoms with E-state index in [1.807, 2.05) is 37.9 Å². The number of nitrogens with zero attached hydrogens (tertiary/aromatic N) is 3. The number of hydrogen-bond donors (Lipinski definition) is 0. The molecule has 5 nitrogen and oxygen atoms in total. The number of ether oxygens (including phenoxy) is 1. The minimum atomic E-state index is -0.539. The van der Waals surface area contributed by atoms with Crippen LogP contribution < -0.4 is 4.90 Å². The number of likely N-dealkylation sites (tertiary alicyclic amines) is 1. The van der Waals surface area contributed by atoms with Crippen molar-refractivity contribution in [2.24, 2.45) is 0 Å². The Hall–Kier alpha value is -2.40. The third-order valence-corrected chi connectivity index (χ3v) is 6.78. The van der Waals surface area contributed by atoms with Gasteiger partial charge in [-0.15, -0.1) is 0 Å². The lowest BCUT2D eigenvalue weighted by Crippen LogP contribution is -2.46. The molecule has 1 saturated carbocycles. The Balaban J connectivity index is 1.68. The van der Waals surface area contributed by atoms with Crippen LogP contribution in [0.4, 0.5) is 10.6 Å². The molecule has 1 aromatic heterocycles. The van der Waals surface area contributed by atoms with Crippen molar-refractivity contribution >= 4 is 11.9 Å². The molecule has 33 heavy (non-hydrogen) atoms. The van der Waals surface area contributed by atoms with Gasteiger partial charge in [0.15, 0.2) is 0 Å². The number of benzene rings is 1. The number of aromatic nitrogens is 1. The largest absolute Gasteiger partial charge is 0.443 e. The van der Waals surface area contributed by atoms with E-state index in [1.54, 1.807) is 0 Å². The zero-order chi connectivity index (χ0) is 23.3. The van der Waals surface area contributed by atoms with Gasteiger partial charge in [0, 0.05) is 30.4 Å². The number of piperidine rings is 1. The third-order valence-electron chi connectivity index (χ3n) is 6.78. The Kier molecular flexibility index (Phi) is 7.69. The molecule has 2 aromatic rings. The molecule has 2 heterocycles. The summed E-state index contributed by atoms with van der Waals surface area (Å²) in [5.74, 6) is 0.795. The summed E-state index contributed by atoms with van der Waals surface area (Å²) in [6.45, 7) is 7.78. The topological polar surface area (TPSA) is 45.7 Å². The molecule has 1 aliphatic carbocycles. The molecule has 2 aliphatic rings. The number of carbonyl (C=O) groups excluding carboxylic acids is 1. The van der Waals surface area contributed by atoms with Gasteiger partial charge in [0.05, 0.1) is 0 Å². The normalized spacial score (nSPS) is 20.4. The highest BCUT2D eigenvalue weighted by Gasteiger charge is 2.35. The minimum absolute atomic E-state index is 0.147. The maximum absolute atomic E-state index is 13.5. The van der Waals surface area contributed by atoms with E-state index in [0.29, 0.717) is 0 Å². The van der Waals surface area contributed by atoms with Crippen molar-refractivity contribution in [3.8, 4) is 0 Å². The maximum Gasteiger partial charge on any atom is 0.416 e. The molecule has 1 atom stereocenters. The van der Waals surface area contributed by atoms with E-state index in [9.17, 15) is 4.79 Å². The highest BCUT2D eigenvalue weighted by molar-refractivity contribution is 5.88. The van der Waals surface area contributed by atoms with Gasteiger partial charge in [0.1, 0.15) is 11.4 Å². The van der Waals surface area contributed by atoms with Gasteiger partial charge in [0.25, 0.3) is 0 Å². The third kappa shape index (κ3) is 6.14. The average molecular weight is 450 g/mol. The van der Waals surface area contributed by atoms with E-state index in [1.165, 1.54) is 24.8 Å². The van der Waals surface area contributed by atoms with Crippen molar-refractivity contribution < 1.29 is 9.53 Å². The van der Waals surface area contributed by atoms with Crippen molar-refractivity contribution in [1.29, 1.82) is 0 Å². The molecule has 178 valence electrons. The fourth-order valence-electron chi connectivity index (χ4n) is 5.28. The average Bonchev–Trinajstić information content (AvgIpc) is 2.80. The molecule has 5 heteroatoms. The lowest BCUT2D eigenvalue weighted by atomic mass is 9.92. The van der Waals surface area contributed by atoms with E-state index in [-0.39, 0.29) is 18.2 Å². The summed E-state index contributed by atoms with van der Waals surface area (Å²) in [4.78, 5) is 22.8. The van der Waals surface area contributed by atoms with Gasteiger partial charge in [-0.25, -0.2) is 9.78 Å². The molecule has 4 rings (SSSR count). The Morgan fingerprint density at radius 1 is 1.00 bits per heavy atom. The first-order chi connectivity index (χ1) is 15.9. The van der Waals surface area contributed by atoms with E-state index in [0.717, 1.165) is 56.6 Å². The quantitative estimate of drug-likeness (QED) is 0.499. The summed E-state index contributed by atoms with van der Waals surface area (Å²) in [5.41, 5.74) is 1.94. The van der Waals surface area contributed by atoms with Gasteiger partial charge in [-0.1, -0.05) is 62.1 Å². The number of anilines is 1. The molecule has 0 unspecified atom stereocenters. The molecule has 1 amide bonds. The summed E-state index contributed by atoms with van der Waals surface area (Å²) in [7, 11) is 0.